The predicted octanol–water partition coefficient (Wildman–Crippen LogP) is 2.90. The first-order valence-corrected chi connectivity index (χ1v) is 7.32. The van der Waals surface area contributed by atoms with Crippen LogP contribution in [0.5, 0.6) is 0 Å². The maximum atomic E-state index is 11.8. The fraction of sp³-hybridized carbons (Fsp3) is 0.308. The van der Waals surface area contributed by atoms with Gasteiger partial charge in [0, 0.05) is 24.2 Å². The molecule has 21 heavy (non-hydrogen) atoms. The van der Waals surface area contributed by atoms with Gasteiger partial charge >= 0.3 is 0 Å². The van der Waals surface area contributed by atoms with Gasteiger partial charge in [-0.1, -0.05) is 34.8 Å². The summed E-state index contributed by atoms with van der Waals surface area (Å²) in [6.45, 7) is 0.706. The van der Waals surface area contributed by atoms with E-state index in [1.165, 1.54) is 0 Å². The van der Waals surface area contributed by atoms with E-state index in [1.54, 1.807) is 29.2 Å². The van der Waals surface area contributed by atoms with Crippen LogP contribution < -0.4 is 10.3 Å². The van der Waals surface area contributed by atoms with E-state index in [4.69, 9.17) is 34.8 Å². The van der Waals surface area contributed by atoms with Crippen molar-refractivity contribution in [2.24, 2.45) is 5.10 Å². The highest BCUT2D eigenvalue weighted by Gasteiger charge is 2.21. The zero-order valence-corrected chi connectivity index (χ0v) is 13.1. The quantitative estimate of drug-likeness (QED) is 0.519. The Morgan fingerprint density at radius 2 is 1.95 bits per heavy atom. The van der Waals surface area contributed by atoms with Crippen molar-refractivity contribution in [2.45, 2.75) is 16.6 Å². The van der Waals surface area contributed by atoms with Gasteiger partial charge in [0.05, 0.1) is 6.21 Å². The molecule has 0 aromatic heterocycles. The van der Waals surface area contributed by atoms with Crippen molar-refractivity contribution in [3.8, 4) is 0 Å². The van der Waals surface area contributed by atoms with E-state index in [-0.39, 0.29) is 5.91 Å². The van der Waals surface area contributed by atoms with Crippen molar-refractivity contribution in [3.05, 3.63) is 29.8 Å². The van der Waals surface area contributed by atoms with Crippen molar-refractivity contribution in [3.63, 3.8) is 0 Å². The first-order chi connectivity index (χ1) is 9.87. The minimum atomic E-state index is -1.66. The molecule has 1 heterocycles. The van der Waals surface area contributed by atoms with Crippen LogP contribution in [-0.4, -0.2) is 28.4 Å². The minimum absolute atomic E-state index is 0.0967. The van der Waals surface area contributed by atoms with Crippen LogP contribution in [0.4, 0.5) is 5.69 Å². The van der Waals surface area contributed by atoms with E-state index >= 15 is 0 Å². The molecule has 112 valence electrons. The molecular weight excluding hydrogens is 337 g/mol. The van der Waals surface area contributed by atoms with Crippen LogP contribution >= 0.6 is 34.8 Å². The molecule has 0 spiro atoms. The van der Waals surface area contributed by atoms with Gasteiger partial charge in [0.25, 0.3) is 5.91 Å². The summed E-state index contributed by atoms with van der Waals surface area (Å²) in [5.41, 5.74) is 3.42. The molecule has 0 saturated carbocycles. The van der Waals surface area contributed by atoms with Gasteiger partial charge in [0.15, 0.2) is 0 Å². The SMILES string of the molecule is O=C(N/N=C/C(Cl)(Cl)Cl)c1ccc(N2CCCC2=O)cc1. The average Bonchev–Trinajstić information content (AvgIpc) is 2.83. The summed E-state index contributed by atoms with van der Waals surface area (Å²) in [6, 6.07) is 6.66. The van der Waals surface area contributed by atoms with E-state index in [0.717, 1.165) is 18.3 Å². The number of carbonyl (C=O) groups is 2. The van der Waals surface area contributed by atoms with Crippen LogP contribution in [0, 0.1) is 0 Å². The number of rotatable bonds is 3. The maximum absolute atomic E-state index is 11.8. The van der Waals surface area contributed by atoms with Gasteiger partial charge in [-0.25, -0.2) is 5.43 Å². The Morgan fingerprint density at radius 3 is 2.48 bits per heavy atom. The summed E-state index contributed by atoms with van der Waals surface area (Å²) in [7, 11) is 0. The summed E-state index contributed by atoms with van der Waals surface area (Å²) >= 11 is 16.4. The van der Waals surface area contributed by atoms with Gasteiger partial charge in [-0.2, -0.15) is 5.10 Å². The number of amides is 2. The largest absolute Gasteiger partial charge is 0.312 e. The predicted molar refractivity (Wildman–Crippen MR) is 84.3 cm³/mol. The highest BCUT2D eigenvalue weighted by Crippen LogP contribution is 2.23. The van der Waals surface area contributed by atoms with Gasteiger partial charge < -0.3 is 4.90 Å². The van der Waals surface area contributed by atoms with Crippen LogP contribution in [0.25, 0.3) is 0 Å². The van der Waals surface area contributed by atoms with Crippen molar-refractivity contribution in [2.75, 3.05) is 11.4 Å². The molecular formula is C13H12Cl3N3O2. The molecule has 1 aliphatic rings. The first kappa shape index (κ1) is 16.1. The number of hydrogen-bond donors (Lipinski definition) is 1. The van der Waals surface area contributed by atoms with Crippen LogP contribution in [-0.2, 0) is 4.79 Å². The summed E-state index contributed by atoms with van der Waals surface area (Å²) < 4.78 is -1.66. The molecule has 0 unspecified atom stereocenters. The lowest BCUT2D eigenvalue weighted by Crippen LogP contribution is -2.24. The Morgan fingerprint density at radius 1 is 1.29 bits per heavy atom. The molecule has 1 N–H and O–H groups in total. The zero-order chi connectivity index (χ0) is 15.5. The second-order valence-corrected chi connectivity index (χ2v) is 6.81. The number of nitrogens with one attached hydrogen (secondary N) is 1. The van der Waals surface area contributed by atoms with Gasteiger partial charge in [-0.05, 0) is 30.7 Å². The number of hydrazone groups is 1. The van der Waals surface area contributed by atoms with Gasteiger partial charge in [-0.3, -0.25) is 9.59 Å². The maximum Gasteiger partial charge on any atom is 0.271 e. The van der Waals surface area contributed by atoms with E-state index in [0.29, 0.717) is 18.5 Å². The standard InChI is InChI=1S/C13H12Cl3N3O2/c14-13(15,16)8-17-18-12(21)9-3-5-10(6-4-9)19-7-1-2-11(19)20/h3-6,8H,1-2,7H2,(H,18,21)/b17-8+. The fourth-order valence-corrected chi connectivity index (χ4v) is 2.09. The third kappa shape index (κ3) is 4.59. The second kappa shape index (κ2) is 6.64. The highest BCUT2D eigenvalue weighted by molar-refractivity contribution is 6.74. The number of nitrogens with zero attached hydrogens (tertiary/aromatic N) is 2. The minimum Gasteiger partial charge on any atom is -0.312 e. The molecule has 5 nitrogen and oxygen atoms in total. The molecule has 1 fully saturated rings. The molecule has 2 rings (SSSR count). The molecule has 1 aliphatic heterocycles. The summed E-state index contributed by atoms with van der Waals surface area (Å²) in [4.78, 5) is 25.1. The monoisotopic (exact) mass is 347 g/mol. The lowest BCUT2D eigenvalue weighted by atomic mass is 10.2. The van der Waals surface area contributed by atoms with Crippen LogP contribution in [0.15, 0.2) is 29.4 Å². The molecule has 0 atom stereocenters. The highest BCUT2D eigenvalue weighted by atomic mass is 35.6. The molecule has 0 bridgehead atoms. The molecule has 1 aromatic rings. The molecule has 0 radical (unpaired) electrons. The fourth-order valence-electron chi connectivity index (χ4n) is 1.94. The number of carbonyl (C=O) groups excluding carboxylic acids is 2. The molecule has 2 amide bonds. The smallest absolute Gasteiger partial charge is 0.271 e. The van der Waals surface area contributed by atoms with Crippen LogP contribution in [0.1, 0.15) is 23.2 Å². The number of hydrogen-bond acceptors (Lipinski definition) is 3. The third-order valence-corrected chi connectivity index (χ3v) is 3.18. The van der Waals surface area contributed by atoms with E-state index in [9.17, 15) is 9.59 Å². The zero-order valence-electron chi connectivity index (χ0n) is 10.9. The Balaban J connectivity index is 2.00. The summed E-state index contributed by atoms with van der Waals surface area (Å²) in [6.07, 6.45) is 2.41. The Labute approximate surface area is 136 Å². The molecule has 8 heteroatoms. The van der Waals surface area contributed by atoms with Crippen molar-refractivity contribution < 1.29 is 9.59 Å². The van der Waals surface area contributed by atoms with Gasteiger partial charge in [-0.15, -0.1) is 0 Å². The van der Waals surface area contributed by atoms with Gasteiger partial charge in [0.1, 0.15) is 0 Å². The lowest BCUT2D eigenvalue weighted by Gasteiger charge is -2.15. The lowest BCUT2D eigenvalue weighted by molar-refractivity contribution is -0.117. The summed E-state index contributed by atoms with van der Waals surface area (Å²) in [5.74, 6) is -0.334. The number of benzene rings is 1. The number of halogens is 3. The molecule has 1 saturated heterocycles. The first-order valence-electron chi connectivity index (χ1n) is 6.18. The van der Waals surface area contributed by atoms with Crippen LogP contribution in [0.2, 0.25) is 0 Å². The van der Waals surface area contributed by atoms with Crippen LogP contribution in [0.3, 0.4) is 0 Å². The van der Waals surface area contributed by atoms with Crippen molar-refractivity contribution >= 4 is 58.5 Å². The Bertz CT molecular complexity index is 567. The molecule has 1 aromatic carbocycles. The second-order valence-electron chi connectivity index (χ2n) is 4.44. The number of alkyl halides is 3. The summed E-state index contributed by atoms with van der Waals surface area (Å²) in [5, 5.41) is 3.55. The Kier molecular flexibility index (Phi) is 5.08. The van der Waals surface area contributed by atoms with Crippen molar-refractivity contribution in [1.82, 2.24) is 5.43 Å². The van der Waals surface area contributed by atoms with E-state index < -0.39 is 9.70 Å². The topological polar surface area (TPSA) is 61.8 Å². The number of anilines is 1. The van der Waals surface area contributed by atoms with Crippen molar-refractivity contribution in [1.29, 1.82) is 0 Å². The normalized spacial score (nSPS) is 15.8. The Hall–Kier alpha value is -1.30. The average molecular weight is 349 g/mol. The van der Waals surface area contributed by atoms with E-state index in [2.05, 4.69) is 10.5 Å². The molecule has 0 aliphatic carbocycles. The van der Waals surface area contributed by atoms with E-state index in [1.807, 2.05) is 0 Å². The third-order valence-electron chi connectivity index (χ3n) is 2.89. The van der Waals surface area contributed by atoms with Gasteiger partial charge in [0.2, 0.25) is 9.70 Å².